The van der Waals surface area contributed by atoms with Gasteiger partial charge in [0, 0.05) is 65.8 Å². The Labute approximate surface area is 375 Å². The normalized spacial score (nSPS) is 12.3. The van der Waals surface area contributed by atoms with Crippen LogP contribution in [0.15, 0.2) is 206 Å². The zero-order valence-electron chi connectivity index (χ0n) is 35.9. The molecule has 0 amide bonds. The molecule has 4 heteroatoms. The van der Waals surface area contributed by atoms with Crippen molar-refractivity contribution in [2.24, 2.45) is 0 Å². The predicted octanol–water partition coefficient (Wildman–Crippen LogP) is 17.7. The molecule has 64 heavy (non-hydrogen) atoms. The zero-order chi connectivity index (χ0) is 42.7. The van der Waals surface area contributed by atoms with E-state index in [1.807, 2.05) is 11.3 Å². The number of benzene rings is 10. The summed E-state index contributed by atoms with van der Waals surface area (Å²) >= 11 is 1.92. The van der Waals surface area contributed by atoms with Crippen molar-refractivity contribution in [3.8, 4) is 0 Å². The van der Waals surface area contributed by atoms with Gasteiger partial charge in [0.1, 0.15) is 4.83 Å². The van der Waals surface area contributed by atoms with Crippen LogP contribution in [0.5, 0.6) is 0 Å². The fraction of sp³-hybridized carbons (Fsp3) is 0.0667. The average Bonchev–Trinajstić information content (AvgIpc) is 3.97. The van der Waals surface area contributed by atoms with Crippen molar-refractivity contribution in [2.45, 2.75) is 26.2 Å². The number of para-hydroxylation sites is 2. The molecular formula is C60H43N3S. The Morgan fingerprint density at radius 2 is 0.906 bits per heavy atom. The fourth-order valence-electron chi connectivity index (χ4n) is 10.2. The molecule has 0 aliphatic carbocycles. The van der Waals surface area contributed by atoms with Crippen LogP contribution in [0.4, 0.5) is 34.1 Å². The van der Waals surface area contributed by atoms with Crippen molar-refractivity contribution in [2.75, 3.05) is 9.80 Å². The van der Waals surface area contributed by atoms with Crippen LogP contribution in [-0.4, -0.2) is 4.40 Å². The number of nitrogens with zero attached hydrogens (tertiary/aromatic N) is 3. The lowest BCUT2D eigenvalue weighted by Gasteiger charge is -2.26. The highest BCUT2D eigenvalue weighted by molar-refractivity contribution is 7.25. The lowest BCUT2D eigenvalue weighted by atomic mass is 9.86. The van der Waals surface area contributed by atoms with Gasteiger partial charge >= 0.3 is 0 Å². The molecule has 3 nitrogen and oxygen atoms in total. The summed E-state index contributed by atoms with van der Waals surface area (Å²) < 4.78 is 3.90. The van der Waals surface area contributed by atoms with Crippen LogP contribution in [0.2, 0.25) is 0 Å². The SMILES string of the molecule is CC(C)(C)c1ccc2sc3c(c2c1)c1c2cc(N(c4ccccc4)c4ccc5ccccc5c4)ccc2cc2c4ccc(N(c5ccccc5)c5ccc6ccccc6c5)cc4n3c21. The summed E-state index contributed by atoms with van der Waals surface area (Å²) in [5.41, 5.74) is 10.6. The summed E-state index contributed by atoms with van der Waals surface area (Å²) in [6, 6.07) is 76.3. The zero-order valence-corrected chi connectivity index (χ0v) is 36.7. The van der Waals surface area contributed by atoms with Crippen molar-refractivity contribution in [3.63, 3.8) is 0 Å². The molecule has 0 aliphatic rings. The summed E-state index contributed by atoms with van der Waals surface area (Å²) in [6.45, 7) is 6.96. The molecule has 0 unspecified atom stereocenters. The number of fused-ring (bicyclic) bond motifs is 12. The van der Waals surface area contributed by atoms with Gasteiger partial charge in [-0.1, -0.05) is 136 Å². The van der Waals surface area contributed by atoms with E-state index in [2.05, 4.69) is 241 Å². The van der Waals surface area contributed by atoms with E-state index in [1.165, 1.54) is 85.4 Å². The fourth-order valence-corrected chi connectivity index (χ4v) is 11.4. The molecule has 0 bridgehead atoms. The maximum absolute atomic E-state index is 2.59. The third-order valence-electron chi connectivity index (χ3n) is 13.4. The lowest BCUT2D eigenvalue weighted by molar-refractivity contribution is 0.591. The Hall–Kier alpha value is -7.66. The first-order valence-corrected chi connectivity index (χ1v) is 23.0. The van der Waals surface area contributed by atoms with E-state index in [-0.39, 0.29) is 5.41 Å². The first kappa shape index (κ1) is 36.9. The highest BCUT2D eigenvalue weighted by atomic mass is 32.1. The highest BCUT2D eigenvalue weighted by Crippen LogP contribution is 2.51. The Morgan fingerprint density at radius 3 is 1.52 bits per heavy atom. The summed E-state index contributed by atoms with van der Waals surface area (Å²) in [7, 11) is 0. The molecule has 0 radical (unpaired) electrons. The molecule has 0 fully saturated rings. The largest absolute Gasteiger partial charge is 0.310 e. The van der Waals surface area contributed by atoms with Gasteiger partial charge in [-0.15, -0.1) is 11.3 Å². The molecule has 13 rings (SSSR count). The van der Waals surface area contributed by atoms with E-state index in [9.17, 15) is 0 Å². The van der Waals surface area contributed by atoms with Crippen molar-refractivity contribution in [1.82, 2.24) is 4.40 Å². The van der Waals surface area contributed by atoms with E-state index in [4.69, 9.17) is 0 Å². The summed E-state index contributed by atoms with van der Waals surface area (Å²) in [5.74, 6) is 0. The Bertz CT molecular complexity index is 3950. The van der Waals surface area contributed by atoms with Gasteiger partial charge in [0.15, 0.2) is 0 Å². The van der Waals surface area contributed by atoms with Crippen molar-refractivity contribution in [3.05, 3.63) is 212 Å². The highest BCUT2D eigenvalue weighted by Gasteiger charge is 2.26. The van der Waals surface area contributed by atoms with Gasteiger partial charge in [-0.25, -0.2) is 0 Å². The smallest absolute Gasteiger partial charge is 0.109 e. The molecule has 3 heterocycles. The third kappa shape index (κ3) is 5.66. The number of hydrogen-bond donors (Lipinski definition) is 0. The molecule has 304 valence electrons. The molecule has 0 saturated carbocycles. The van der Waals surface area contributed by atoms with Crippen LogP contribution >= 0.6 is 11.3 Å². The molecule has 0 N–H and O–H groups in total. The Balaban J connectivity index is 1.11. The minimum atomic E-state index is 0.0134. The van der Waals surface area contributed by atoms with Gasteiger partial charge in [-0.05, 0) is 134 Å². The molecular weight excluding hydrogens is 795 g/mol. The Morgan fingerprint density at radius 1 is 0.375 bits per heavy atom. The average molecular weight is 838 g/mol. The minimum absolute atomic E-state index is 0.0134. The van der Waals surface area contributed by atoms with Gasteiger partial charge < -0.3 is 9.80 Å². The third-order valence-corrected chi connectivity index (χ3v) is 14.5. The quantitative estimate of drug-likeness (QED) is 0.165. The van der Waals surface area contributed by atoms with E-state index in [1.54, 1.807) is 0 Å². The standard InChI is InChI=1S/C60H43N3S/c1-60(2,3)43-25-31-55-53(35-43)57-56-51-36-48(61(44-18-6-4-7-19-44)46-26-22-38-14-10-12-16-40(38)32-46)28-24-42(51)34-52-50-30-29-49(37-54(50)63(58(52)56)59(57)64-55)62(45-20-8-5-9-21-45)47-27-23-39-15-11-13-17-41(39)33-47/h4-37H,1-3H3. The summed E-state index contributed by atoms with van der Waals surface area (Å²) in [6.07, 6.45) is 0. The first-order valence-electron chi connectivity index (χ1n) is 22.2. The lowest BCUT2D eigenvalue weighted by Crippen LogP contribution is -2.10. The molecule has 3 aromatic heterocycles. The van der Waals surface area contributed by atoms with Crippen LogP contribution in [0.25, 0.3) is 79.8 Å². The molecule has 0 spiro atoms. The van der Waals surface area contributed by atoms with Gasteiger partial charge in [0.2, 0.25) is 0 Å². The van der Waals surface area contributed by atoms with E-state index >= 15 is 0 Å². The van der Waals surface area contributed by atoms with Crippen LogP contribution in [-0.2, 0) is 5.41 Å². The number of aromatic nitrogens is 1. The molecule has 0 aliphatic heterocycles. The van der Waals surface area contributed by atoms with Gasteiger partial charge in [-0.2, -0.15) is 0 Å². The van der Waals surface area contributed by atoms with Crippen LogP contribution < -0.4 is 9.80 Å². The van der Waals surface area contributed by atoms with Crippen LogP contribution in [0.3, 0.4) is 0 Å². The Kier molecular flexibility index (Phi) is 8.04. The predicted molar refractivity (Wildman–Crippen MR) is 277 cm³/mol. The second-order valence-electron chi connectivity index (χ2n) is 18.2. The molecule has 10 aromatic carbocycles. The maximum atomic E-state index is 2.59. The number of rotatable bonds is 6. The van der Waals surface area contributed by atoms with Crippen molar-refractivity contribution in [1.29, 1.82) is 0 Å². The van der Waals surface area contributed by atoms with Crippen LogP contribution in [0.1, 0.15) is 26.3 Å². The van der Waals surface area contributed by atoms with Gasteiger partial charge in [-0.3, -0.25) is 4.40 Å². The molecule has 0 atom stereocenters. The topological polar surface area (TPSA) is 10.9 Å². The van der Waals surface area contributed by atoms with Gasteiger partial charge in [0.25, 0.3) is 0 Å². The second-order valence-corrected chi connectivity index (χ2v) is 19.3. The number of hydrogen-bond acceptors (Lipinski definition) is 3. The van der Waals surface area contributed by atoms with Crippen molar-refractivity contribution < 1.29 is 0 Å². The monoisotopic (exact) mass is 837 g/mol. The van der Waals surface area contributed by atoms with E-state index < -0.39 is 0 Å². The summed E-state index contributed by atoms with van der Waals surface area (Å²) in [4.78, 5) is 6.11. The van der Waals surface area contributed by atoms with E-state index in [0.717, 1.165) is 34.1 Å². The van der Waals surface area contributed by atoms with E-state index in [0.29, 0.717) is 0 Å². The van der Waals surface area contributed by atoms with Gasteiger partial charge in [0.05, 0.1) is 11.0 Å². The van der Waals surface area contributed by atoms with Crippen molar-refractivity contribution >= 4 is 125 Å². The molecule has 13 aromatic rings. The summed E-state index contributed by atoms with van der Waals surface area (Å²) in [5, 5.41) is 14.0. The maximum Gasteiger partial charge on any atom is 0.109 e. The number of thiophene rings is 1. The second kappa shape index (κ2) is 13.9. The minimum Gasteiger partial charge on any atom is -0.310 e. The van der Waals surface area contributed by atoms with Crippen LogP contribution in [0, 0.1) is 0 Å². The first-order chi connectivity index (χ1) is 31.4. The molecule has 0 saturated heterocycles. The number of anilines is 6.